The number of benzene rings is 3. The minimum Gasteiger partial charge on any atom is -0.493 e. The zero-order valence-corrected chi connectivity index (χ0v) is 16.1. The van der Waals surface area contributed by atoms with E-state index in [9.17, 15) is 0 Å². The van der Waals surface area contributed by atoms with Crippen molar-refractivity contribution < 1.29 is 9.47 Å². The summed E-state index contributed by atoms with van der Waals surface area (Å²) in [5, 5.41) is 9.64. The number of ether oxygens (including phenoxy) is 2. The fourth-order valence-corrected chi connectivity index (χ4v) is 3.24. The molecule has 2 N–H and O–H groups in total. The van der Waals surface area contributed by atoms with Gasteiger partial charge < -0.3 is 20.1 Å². The summed E-state index contributed by atoms with van der Waals surface area (Å²) in [5.74, 6) is 1.55. The van der Waals surface area contributed by atoms with Crippen LogP contribution in [-0.2, 0) is 13.0 Å². The van der Waals surface area contributed by atoms with Crippen molar-refractivity contribution in [1.82, 2.24) is 10.6 Å². The molecule has 0 bridgehead atoms. The predicted octanol–water partition coefficient (Wildman–Crippen LogP) is 3.78. The summed E-state index contributed by atoms with van der Waals surface area (Å²) >= 11 is 0. The van der Waals surface area contributed by atoms with E-state index in [1.807, 2.05) is 12.1 Å². The molecular formula is C23H28N2O2. The number of methoxy groups -OCH3 is 2. The predicted molar refractivity (Wildman–Crippen MR) is 112 cm³/mol. The molecule has 142 valence electrons. The monoisotopic (exact) mass is 364 g/mol. The zero-order chi connectivity index (χ0) is 18.9. The lowest BCUT2D eigenvalue weighted by atomic mass is 10.0. The Balaban J connectivity index is 1.37. The van der Waals surface area contributed by atoms with Crippen molar-refractivity contribution >= 4 is 10.8 Å². The van der Waals surface area contributed by atoms with Gasteiger partial charge in [-0.25, -0.2) is 0 Å². The van der Waals surface area contributed by atoms with Crippen LogP contribution in [0.1, 0.15) is 11.1 Å². The summed E-state index contributed by atoms with van der Waals surface area (Å²) in [4.78, 5) is 0. The third-order valence-corrected chi connectivity index (χ3v) is 4.71. The molecule has 0 aliphatic carbocycles. The third-order valence-electron chi connectivity index (χ3n) is 4.71. The van der Waals surface area contributed by atoms with Gasteiger partial charge >= 0.3 is 0 Å². The van der Waals surface area contributed by atoms with Crippen LogP contribution in [0.25, 0.3) is 10.8 Å². The Bertz CT molecular complexity index is 859. The minimum atomic E-state index is 0.770. The van der Waals surface area contributed by atoms with Gasteiger partial charge in [-0.05, 0) is 47.0 Å². The Morgan fingerprint density at radius 2 is 1.52 bits per heavy atom. The molecule has 3 aromatic rings. The second-order valence-corrected chi connectivity index (χ2v) is 6.50. The van der Waals surface area contributed by atoms with Gasteiger partial charge in [-0.3, -0.25) is 0 Å². The molecule has 3 rings (SSSR count). The quantitative estimate of drug-likeness (QED) is 0.537. The van der Waals surface area contributed by atoms with Crippen molar-refractivity contribution in [2.24, 2.45) is 0 Å². The molecule has 0 atom stereocenters. The molecular weight excluding hydrogens is 336 g/mol. The van der Waals surface area contributed by atoms with Gasteiger partial charge in [0.1, 0.15) is 0 Å². The maximum absolute atomic E-state index is 5.35. The maximum Gasteiger partial charge on any atom is 0.160 e. The van der Waals surface area contributed by atoms with E-state index in [1.165, 1.54) is 21.9 Å². The average Bonchev–Trinajstić information content (AvgIpc) is 2.73. The topological polar surface area (TPSA) is 42.5 Å². The van der Waals surface area contributed by atoms with E-state index < -0.39 is 0 Å². The molecule has 0 saturated heterocycles. The third kappa shape index (κ3) is 5.22. The lowest BCUT2D eigenvalue weighted by Crippen LogP contribution is -2.28. The largest absolute Gasteiger partial charge is 0.493 e. The molecule has 27 heavy (non-hydrogen) atoms. The van der Waals surface area contributed by atoms with E-state index >= 15 is 0 Å². The molecule has 0 aromatic heterocycles. The van der Waals surface area contributed by atoms with Gasteiger partial charge in [-0.1, -0.05) is 48.5 Å². The van der Waals surface area contributed by atoms with E-state index in [0.29, 0.717) is 0 Å². The van der Waals surface area contributed by atoms with Crippen LogP contribution < -0.4 is 20.1 Å². The Morgan fingerprint density at radius 3 is 2.37 bits per heavy atom. The van der Waals surface area contributed by atoms with Gasteiger partial charge in [0.15, 0.2) is 11.5 Å². The van der Waals surface area contributed by atoms with Crippen LogP contribution in [-0.4, -0.2) is 33.9 Å². The lowest BCUT2D eigenvalue weighted by Gasteiger charge is -2.11. The van der Waals surface area contributed by atoms with Gasteiger partial charge in [0, 0.05) is 19.6 Å². The van der Waals surface area contributed by atoms with Gasteiger partial charge in [0.2, 0.25) is 0 Å². The summed E-state index contributed by atoms with van der Waals surface area (Å²) in [6.07, 6.45) is 0.962. The fraction of sp³-hybridized carbons (Fsp3) is 0.304. The van der Waals surface area contributed by atoms with E-state index in [-0.39, 0.29) is 0 Å². The highest BCUT2D eigenvalue weighted by molar-refractivity contribution is 5.85. The van der Waals surface area contributed by atoms with Crippen LogP contribution in [0.2, 0.25) is 0 Å². The highest BCUT2D eigenvalue weighted by Gasteiger charge is 2.04. The van der Waals surface area contributed by atoms with Crippen molar-refractivity contribution in [3.05, 3.63) is 71.8 Å². The number of nitrogens with one attached hydrogen (secondary N) is 2. The Morgan fingerprint density at radius 1 is 0.741 bits per heavy atom. The molecule has 4 nitrogen and oxygen atoms in total. The van der Waals surface area contributed by atoms with Crippen LogP contribution >= 0.6 is 0 Å². The number of fused-ring (bicyclic) bond motifs is 1. The average molecular weight is 364 g/mol. The molecule has 0 saturated carbocycles. The van der Waals surface area contributed by atoms with Crippen LogP contribution in [0, 0.1) is 0 Å². The first-order chi connectivity index (χ1) is 13.3. The molecule has 0 heterocycles. The van der Waals surface area contributed by atoms with E-state index in [4.69, 9.17) is 9.47 Å². The van der Waals surface area contributed by atoms with Gasteiger partial charge in [0.05, 0.1) is 14.2 Å². The molecule has 0 aliphatic heterocycles. The standard InChI is InChI=1S/C23H28N2O2/c1-26-22-11-10-18(16-23(22)27-2)12-13-24-14-15-25-17-20-8-5-7-19-6-3-4-9-21(19)20/h3-11,16,24-25H,12-15,17H2,1-2H3. The summed E-state index contributed by atoms with van der Waals surface area (Å²) < 4.78 is 10.6. The molecule has 0 unspecified atom stereocenters. The molecule has 4 heteroatoms. The second-order valence-electron chi connectivity index (χ2n) is 6.50. The minimum absolute atomic E-state index is 0.770. The van der Waals surface area contributed by atoms with Crippen LogP contribution in [0.4, 0.5) is 0 Å². The molecule has 0 radical (unpaired) electrons. The molecule has 0 amide bonds. The van der Waals surface area contributed by atoms with Crippen LogP contribution in [0.3, 0.4) is 0 Å². The maximum atomic E-state index is 5.35. The van der Waals surface area contributed by atoms with E-state index in [2.05, 4.69) is 59.2 Å². The van der Waals surface area contributed by atoms with Crippen molar-refractivity contribution in [2.45, 2.75) is 13.0 Å². The smallest absolute Gasteiger partial charge is 0.160 e. The van der Waals surface area contributed by atoms with Crippen LogP contribution in [0.15, 0.2) is 60.7 Å². The SMILES string of the molecule is COc1ccc(CCNCCNCc2cccc3ccccc23)cc1OC. The van der Waals surface area contributed by atoms with Gasteiger partial charge in [-0.2, -0.15) is 0 Å². The first kappa shape index (κ1) is 19.2. The summed E-state index contributed by atoms with van der Waals surface area (Å²) in [7, 11) is 3.33. The van der Waals surface area contributed by atoms with Crippen molar-refractivity contribution in [3.63, 3.8) is 0 Å². The number of hydrogen-bond acceptors (Lipinski definition) is 4. The van der Waals surface area contributed by atoms with Gasteiger partial charge in [-0.15, -0.1) is 0 Å². The highest BCUT2D eigenvalue weighted by Crippen LogP contribution is 2.27. The molecule has 0 spiro atoms. The summed E-state index contributed by atoms with van der Waals surface area (Å²) in [6.45, 7) is 3.71. The molecule has 3 aromatic carbocycles. The van der Waals surface area contributed by atoms with Crippen LogP contribution in [0.5, 0.6) is 11.5 Å². The van der Waals surface area contributed by atoms with E-state index in [1.54, 1.807) is 14.2 Å². The highest BCUT2D eigenvalue weighted by atomic mass is 16.5. The number of hydrogen-bond donors (Lipinski definition) is 2. The molecule has 0 fully saturated rings. The Hall–Kier alpha value is -2.56. The first-order valence-corrected chi connectivity index (χ1v) is 9.41. The summed E-state index contributed by atoms with van der Waals surface area (Å²) in [6, 6.07) is 21.1. The normalized spacial score (nSPS) is 10.9. The Kier molecular flexibility index (Phi) is 7.08. The fourth-order valence-electron chi connectivity index (χ4n) is 3.24. The van der Waals surface area contributed by atoms with Crippen molar-refractivity contribution in [1.29, 1.82) is 0 Å². The van der Waals surface area contributed by atoms with Crippen molar-refractivity contribution in [2.75, 3.05) is 33.9 Å². The first-order valence-electron chi connectivity index (χ1n) is 9.41. The Labute approximate surface area is 161 Å². The lowest BCUT2D eigenvalue weighted by molar-refractivity contribution is 0.354. The zero-order valence-electron chi connectivity index (χ0n) is 16.1. The van der Waals surface area contributed by atoms with Crippen molar-refractivity contribution in [3.8, 4) is 11.5 Å². The second kappa shape index (κ2) is 9.95. The summed E-state index contributed by atoms with van der Waals surface area (Å²) in [5.41, 5.74) is 2.59. The van der Waals surface area contributed by atoms with Gasteiger partial charge in [0.25, 0.3) is 0 Å². The number of rotatable bonds is 10. The van der Waals surface area contributed by atoms with E-state index in [0.717, 1.165) is 44.1 Å². The molecule has 0 aliphatic rings.